The molecule has 1 saturated carbocycles. The maximum absolute atomic E-state index is 13.4. The zero-order chi connectivity index (χ0) is 21.5. The molecule has 1 N–H and O–H groups in total. The van der Waals surface area contributed by atoms with E-state index in [4.69, 9.17) is 0 Å². The highest BCUT2D eigenvalue weighted by molar-refractivity contribution is 7.15. The van der Waals surface area contributed by atoms with E-state index in [9.17, 15) is 14.0 Å². The maximum atomic E-state index is 13.4. The van der Waals surface area contributed by atoms with Crippen molar-refractivity contribution in [2.45, 2.75) is 45.4 Å². The predicted molar refractivity (Wildman–Crippen MR) is 111 cm³/mol. The number of fused-ring (bicyclic) bond motifs is 1. The summed E-state index contributed by atoms with van der Waals surface area (Å²) in [6.45, 7) is 2.67. The van der Waals surface area contributed by atoms with Gasteiger partial charge in [0.2, 0.25) is 5.13 Å². The monoisotopic (exact) mass is 441 g/mol. The first-order valence-electron chi connectivity index (χ1n) is 10.0. The largest absolute Gasteiger partial charge is 0.331 e. The zero-order valence-corrected chi connectivity index (χ0v) is 17.7. The van der Waals surface area contributed by atoms with Gasteiger partial charge in [-0.1, -0.05) is 17.4 Å². The quantitative estimate of drug-likeness (QED) is 0.631. The number of aromatic nitrogens is 5. The molecule has 3 aromatic heterocycles. The summed E-state index contributed by atoms with van der Waals surface area (Å²) in [4.78, 5) is 32.4. The van der Waals surface area contributed by atoms with Gasteiger partial charge in [-0.3, -0.25) is 24.6 Å². The van der Waals surface area contributed by atoms with Gasteiger partial charge in [-0.25, -0.2) is 4.39 Å². The van der Waals surface area contributed by atoms with Gasteiger partial charge in [0.15, 0.2) is 5.69 Å². The number of carbonyl (C=O) groups is 2. The number of anilines is 1. The molecule has 0 bridgehead atoms. The number of nitrogens with zero attached hydrogens (tertiary/aromatic N) is 6. The van der Waals surface area contributed by atoms with Gasteiger partial charge >= 0.3 is 0 Å². The van der Waals surface area contributed by atoms with Crippen molar-refractivity contribution in [1.29, 1.82) is 0 Å². The fraction of sp³-hybridized carbons (Fsp3) is 0.400. The fourth-order valence-electron chi connectivity index (χ4n) is 3.81. The Morgan fingerprint density at radius 1 is 1.32 bits per heavy atom. The number of hydrogen-bond acceptors (Lipinski definition) is 7. The van der Waals surface area contributed by atoms with Gasteiger partial charge in [-0.2, -0.15) is 5.10 Å². The Hall–Kier alpha value is -3.21. The van der Waals surface area contributed by atoms with Crippen LogP contribution in [0.3, 0.4) is 0 Å². The fourth-order valence-corrected chi connectivity index (χ4v) is 4.40. The van der Waals surface area contributed by atoms with Crippen molar-refractivity contribution in [2.24, 2.45) is 0 Å². The van der Waals surface area contributed by atoms with Crippen LogP contribution in [0.5, 0.6) is 0 Å². The van der Waals surface area contributed by atoms with Gasteiger partial charge in [-0.05, 0) is 37.3 Å². The highest BCUT2D eigenvalue weighted by Gasteiger charge is 2.40. The number of rotatable bonds is 6. The van der Waals surface area contributed by atoms with Gasteiger partial charge in [0.25, 0.3) is 11.8 Å². The molecule has 4 heterocycles. The van der Waals surface area contributed by atoms with Gasteiger partial charge < -0.3 is 4.90 Å². The predicted octanol–water partition coefficient (Wildman–Crippen LogP) is 2.69. The second-order valence-corrected chi connectivity index (χ2v) is 8.73. The molecule has 9 nitrogen and oxygen atoms in total. The third kappa shape index (κ3) is 3.69. The molecule has 0 spiro atoms. The molecule has 5 rings (SSSR count). The third-order valence-electron chi connectivity index (χ3n) is 5.54. The summed E-state index contributed by atoms with van der Waals surface area (Å²) in [5.74, 6) is -0.434. The van der Waals surface area contributed by atoms with Crippen LogP contribution in [-0.4, -0.2) is 48.2 Å². The van der Waals surface area contributed by atoms with Gasteiger partial charge in [0.05, 0.1) is 6.54 Å². The molecule has 0 radical (unpaired) electrons. The molecule has 2 aliphatic rings. The second kappa shape index (κ2) is 7.80. The van der Waals surface area contributed by atoms with Crippen molar-refractivity contribution in [2.75, 3.05) is 11.9 Å². The highest BCUT2D eigenvalue weighted by atomic mass is 32.1. The van der Waals surface area contributed by atoms with Crippen LogP contribution in [-0.2, 0) is 19.8 Å². The van der Waals surface area contributed by atoms with Crippen LogP contribution in [0.4, 0.5) is 9.52 Å². The number of hydrogen-bond donors (Lipinski definition) is 1. The summed E-state index contributed by atoms with van der Waals surface area (Å²) in [5.41, 5.74) is 3.31. The topological polar surface area (TPSA) is 106 Å². The molecule has 11 heteroatoms. The summed E-state index contributed by atoms with van der Waals surface area (Å²) in [6, 6.07) is 3.83. The molecule has 0 unspecified atom stereocenters. The van der Waals surface area contributed by atoms with Crippen molar-refractivity contribution in [3.8, 4) is 0 Å². The Labute approximate surface area is 181 Å². The van der Waals surface area contributed by atoms with Gasteiger partial charge in [0.1, 0.15) is 17.4 Å². The van der Waals surface area contributed by atoms with Crippen molar-refractivity contribution >= 4 is 28.3 Å². The minimum absolute atomic E-state index is 0.126. The lowest BCUT2D eigenvalue weighted by Crippen LogP contribution is -2.40. The van der Waals surface area contributed by atoms with Crippen LogP contribution in [0.1, 0.15) is 61.6 Å². The third-order valence-corrected chi connectivity index (χ3v) is 6.34. The molecule has 0 aromatic carbocycles. The SMILES string of the molecule is Cc1ncccc1CN1CCn2nc(C(=O)Nc3nnc(CF)s3)c(C3CC3)c2C1=O. The number of amides is 2. The lowest BCUT2D eigenvalue weighted by molar-refractivity contribution is 0.0681. The van der Waals surface area contributed by atoms with E-state index in [-0.39, 0.29) is 27.7 Å². The molecule has 31 heavy (non-hydrogen) atoms. The van der Waals surface area contributed by atoms with E-state index in [1.165, 1.54) is 0 Å². The van der Waals surface area contributed by atoms with E-state index in [0.717, 1.165) is 35.4 Å². The first-order valence-corrected chi connectivity index (χ1v) is 10.9. The Morgan fingerprint density at radius 2 is 2.16 bits per heavy atom. The lowest BCUT2D eigenvalue weighted by Gasteiger charge is -2.28. The van der Waals surface area contributed by atoms with E-state index < -0.39 is 12.6 Å². The molecule has 1 aliphatic carbocycles. The normalized spacial score (nSPS) is 15.8. The number of halogens is 1. The summed E-state index contributed by atoms with van der Waals surface area (Å²) in [6.07, 6.45) is 3.56. The van der Waals surface area contributed by atoms with E-state index in [2.05, 4.69) is 25.6 Å². The highest BCUT2D eigenvalue weighted by Crippen LogP contribution is 2.44. The molecule has 1 fully saturated rings. The van der Waals surface area contributed by atoms with E-state index in [1.54, 1.807) is 15.8 Å². The standard InChI is InChI=1S/C20H20FN7O2S/c1-11-13(3-2-6-22-11)10-27-7-8-28-17(19(27)30)15(12-4-5-12)16(26-28)18(29)23-20-25-24-14(9-21)31-20/h2-3,6,12H,4-5,7-10H2,1H3,(H,23,25,29). The van der Waals surface area contributed by atoms with E-state index in [1.807, 2.05) is 19.1 Å². The Kier molecular flexibility index (Phi) is 4.97. The smallest absolute Gasteiger partial charge is 0.278 e. The Morgan fingerprint density at radius 3 is 2.87 bits per heavy atom. The molecular formula is C20H20FN7O2S. The van der Waals surface area contributed by atoms with Crippen LogP contribution >= 0.6 is 11.3 Å². The molecule has 0 atom stereocenters. The molecule has 2 amide bonds. The summed E-state index contributed by atoms with van der Waals surface area (Å²) in [5, 5.41) is 15.0. The molecule has 3 aromatic rings. The second-order valence-electron chi connectivity index (χ2n) is 7.67. The molecule has 160 valence electrons. The summed E-state index contributed by atoms with van der Waals surface area (Å²) in [7, 11) is 0. The number of nitrogens with one attached hydrogen (secondary N) is 1. The number of alkyl halides is 1. The minimum atomic E-state index is -0.736. The van der Waals surface area contributed by atoms with Gasteiger partial charge in [0, 0.05) is 30.5 Å². The van der Waals surface area contributed by atoms with Crippen LogP contribution in [0.15, 0.2) is 18.3 Å². The average Bonchev–Trinajstić information content (AvgIpc) is 3.37. The summed E-state index contributed by atoms with van der Waals surface area (Å²) >= 11 is 0.979. The van der Waals surface area contributed by atoms with E-state index in [0.29, 0.717) is 30.9 Å². The minimum Gasteiger partial charge on any atom is -0.331 e. The first-order chi connectivity index (χ1) is 15.0. The van der Waals surface area contributed by atoms with Crippen LogP contribution < -0.4 is 5.32 Å². The number of carbonyl (C=O) groups excluding carboxylic acids is 2. The molecule has 1 aliphatic heterocycles. The van der Waals surface area contributed by atoms with Crippen LogP contribution in [0.25, 0.3) is 0 Å². The number of aryl methyl sites for hydroxylation is 1. The lowest BCUT2D eigenvalue weighted by atomic mass is 10.0. The first kappa shape index (κ1) is 19.7. The average molecular weight is 441 g/mol. The van der Waals surface area contributed by atoms with Gasteiger partial charge in [-0.15, -0.1) is 10.2 Å². The number of pyridine rings is 1. The summed E-state index contributed by atoms with van der Waals surface area (Å²) < 4.78 is 14.4. The maximum Gasteiger partial charge on any atom is 0.278 e. The van der Waals surface area contributed by atoms with Crippen molar-refractivity contribution < 1.29 is 14.0 Å². The van der Waals surface area contributed by atoms with E-state index >= 15 is 0 Å². The Balaban J connectivity index is 1.44. The molecular weight excluding hydrogens is 421 g/mol. The van der Waals surface area contributed by atoms with Crippen molar-refractivity contribution in [3.05, 3.63) is 51.5 Å². The molecule has 0 saturated heterocycles. The van der Waals surface area contributed by atoms with Crippen molar-refractivity contribution in [3.63, 3.8) is 0 Å². The van der Waals surface area contributed by atoms with Crippen LogP contribution in [0, 0.1) is 6.92 Å². The Bertz CT molecular complexity index is 1170. The zero-order valence-electron chi connectivity index (χ0n) is 16.8. The van der Waals surface area contributed by atoms with Crippen molar-refractivity contribution in [1.82, 2.24) is 29.9 Å². The van der Waals surface area contributed by atoms with Crippen LogP contribution in [0.2, 0.25) is 0 Å².